The maximum atomic E-state index is 14.2. The number of nitrogens with two attached hydrogens (primary N) is 1. The summed E-state index contributed by atoms with van der Waals surface area (Å²) >= 11 is 23.2. The largest absolute Gasteiger partial charge is 0.453 e. The quantitative estimate of drug-likeness (QED) is 0.00577. The molecular formula is C103H152Cl4F3N13O23. The fourth-order valence-electron chi connectivity index (χ4n) is 18.9. The number of carbonyl (C=O) groups excluding carboxylic acids is 7. The zero-order chi connectivity index (χ0) is 106. The minimum atomic E-state index is -0.978. The van der Waals surface area contributed by atoms with Crippen molar-refractivity contribution >= 4 is 99.6 Å². The van der Waals surface area contributed by atoms with E-state index in [0.717, 1.165) is 212 Å². The molecule has 0 bridgehead atoms. The highest BCUT2D eigenvalue weighted by molar-refractivity contribution is 6.61. The average Bonchev–Trinajstić information content (AvgIpc) is 0.825. The first-order valence-electron chi connectivity index (χ1n) is 50.9. The summed E-state index contributed by atoms with van der Waals surface area (Å²) in [5, 5.41) is 45.4. The van der Waals surface area contributed by atoms with E-state index in [9.17, 15) is 67.0 Å². The molecule has 5 aromatic rings. The molecule has 10 N–H and O–H groups in total. The molecule has 0 aromatic heterocycles. The monoisotopic (exact) mass is 2140 g/mol. The Morgan fingerprint density at radius 2 is 0.822 bits per heavy atom. The third-order valence-corrected chi connectivity index (χ3v) is 26.4. The molecule has 0 saturated carbocycles. The molecule has 816 valence electrons. The van der Waals surface area contributed by atoms with E-state index >= 15 is 0 Å². The summed E-state index contributed by atoms with van der Waals surface area (Å²) in [6.07, 6.45) is 21.0. The number of piperidine rings is 3. The summed E-state index contributed by atoms with van der Waals surface area (Å²) in [6, 6.07) is 24.1. The number of hydrogen-bond donors (Lipinski definition) is 9. The van der Waals surface area contributed by atoms with E-state index in [1.807, 2.05) is 16.8 Å². The van der Waals surface area contributed by atoms with Gasteiger partial charge in [0.15, 0.2) is 0 Å². The maximum Gasteiger partial charge on any atom is 0.412 e. The lowest BCUT2D eigenvalue weighted by molar-refractivity contribution is -0.385. The summed E-state index contributed by atoms with van der Waals surface area (Å²) in [5.41, 5.74) is 6.83. The van der Waals surface area contributed by atoms with Crippen LogP contribution in [-0.2, 0) is 47.4 Å². The van der Waals surface area contributed by atoms with Crippen LogP contribution in [0.15, 0.2) is 103 Å². The van der Waals surface area contributed by atoms with Crippen LogP contribution < -0.4 is 57.7 Å². The van der Waals surface area contributed by atoms with Crippen LogP contribution in [0, 0.1) is 79.1 Å². The van der Waals surface area contributed by atoms with E-state index in [-0.39, 0.29) is 119 Å². The van der Waals surface area contributed by atoms with Crippen LogP contribution in [0.1, 0.15) is 210 Å². The van der Waals surface area contributed by atoms with Crippen LogP contribution in [0.4, 0.5) is 58.1 Å². The topological polar surface area (TPSA) is 445 Å². The number of likely N-dealkylation sites (tertiary alicyclic amines) is 2. The molecule has 8 amide bonds. The van der Waals surface area contributed by atoms with Crippen molar-refractivity contribution in [2.24, 2.45) is 47.2 Å². The summed E-state index contributed by atoms with van der Waals surface area (Å²) in [7, 11) is 5.78. The molecule has 36 nitrogen and oxygen atoms in total. The highest BCUT2D eigenvalue weighted by atomic mass is 35.5. The number of nitro benzene ring substituents is 2. The molecular weight excluding hydrogens is 1990 g/mol. The summed E-state index contributed by atoms with van der Waals surface area (Å²) in [6.45, 7) is 19.3. The predicted octanol–water partition coefficient (Wildman–Crippen LogP) is 19.8. The standard InChI is InChI=1S/C27H41ClFN3O5.C26H40ClFN4O5.C17H24N2O5.C16H22ClFN2O3.C10H21NO.C7H4ClNO4/c1-3-6-24(13-19-7-5-11-36-18-19)31-26(33)32-10-4-8-20(17-32)25(37-12-9-30-27(34)35-2)21-14-22(28)16-23(29)15-21;1-29-15-23(11-18-5-4-9-36-17-18)31-25(33)32-8-3-6-19(16-32)24(37-10-7-30-26(34)35-2)20-12-21(27)14-22(28)13-20;1-2-4-14(11-13-5-3-10-23-12-13)18-17(20)24-16-8-6-15(7-9-16)19(21)22;1-22-16(21)20-5-6-23-15(11-3-2-4-19-10-11)12-7-13(17)9-14(18)8-12;1-2-4-10(11)7-9-5-3-6-12-8-9;8-7(10)13-6-3-1-5(2-4-6)9(11)12/h14-16,19-20,24-25H,3-13,17-18H2,1-2H3,(H,30,34)(H,31,33);12-14,18-19,23-24,29H,3-11,15-17H2,1-2H3,(H,30,34)(H,31,33);6-9,13-14H,2-5,10-12H2,1H3,(H,18,20);7-9,11,15,19H,2-6,10H2,1H3,(H,20,21);9-10H,2-8,11H2,1H3;1-4H/t19-,20-,24-,25-;18-,19-,23+,24-;13-,14-;11-,15-;9-,10-;/m11111./s1. The van der Waals surface area contributed by atoms with E-state index in [1.54, 1.807) is 18.2 Å². The van der Waals surface area contributed by atoms with E-state index in [0.29, 0.717) is 85.8 Å². The number of urea groups is 2. The number of nitro groups is 2. The van der Waals surface area contributed by atoms with Gasteiger partial charge in [0.05, 0.1) is 69.3 Å². The third-order valence-electron chi connectivity index (χ3n) is 25.7. The van der Waals surface area contributed by atoms with E-state index in [4.69, 9.17) is 90.0 Å². The van der Waals surface area contributed by atoms with Crippen molar-refractivity contribution in [1.82, 2.24) is 52.3 Å². The Morgan fingerprint density at radius 3 is 1.16 bits per heavy atom. The van der Waals surface area contributed by atoms with Crippen molar-refractivity contribution < 1.29 is 113 Å². The molecule has 7 aliphatic heterocycles. The van der Waals surface area contributed by atoms with Crippen LogP contribution in [-0.4, -0.2) is 252 Å². The van der Waals surface area contributed by atoms with Gasteiger partial charge in [-0.1, -0.05) is 74.8 Å². The molecule has 7 aliphatic rings. The molecule has 0 spiro atoms. The van der Waals surface area contributed by atoms with Gasteiger partial charge in [0.25, 0.3) is 11.4 Å². The SMILES string of the molecule is CCC[C@@H](N)C[C@H]1CCCOC1.CCC[C@H](C[C@H]1CCCOC1)NC(=O)N1CCC[C@@H]([C@@H](OCCNC(=O)OC)c2cc(F)cc(Cl)c2)C1.CCC[C@H](C[C@H]1CCCOC1)NC(=O)Oc1ccc([N+](=O)[O-])cc1.CNC[C@H](C[C@H]1CCCOC1)NC(=O)N1CCC[C@@H]([C@@H](OCCNC(=O)OC)c2cc(F)cc(Cl)c2)C1.COC(=O)NCCO[C@@H](c1cc(F)cc(Cl)c1)[C@@H]1CCCNC1.O=C(Cl)Oc1ccc([N+](=O)[O-])cc1. The summed E-state index contributed by atoms with van der Waals surface area (Å²) in [4.78, 5) is 106. The average molecular weight is 2140 g/mol. The molecule has 146 heavy (non-hydrogen) atoms. The van der Waals surface area contributed by atoms with Crippen molar-refractivity contribution in [1.29, 1.82) is 0 Å². The molecule has 5 aromatic carbocycles. The lowest BCUT2D eigenvalue weighted by Crippen LogP contribution is -2.52. The maximum absolute atomic E-state index is 14.2. The van der Waals surface area contributed by atoms with Crippen LogP contribution >= 0.6 is 46.4 Å². The number of non-ortho nitro benzene ring substituents is 2. The first-order valence-corrected chi connectivity index (χ1v) is 52.5. The van der Waals surface area contributed by atoms with Crippen LogP contribution in [0.25, 0.3) is 0 Å². The van der Waals surface area contributed by atoms with Crippen LogP contribution in [0.2, 0.25) is 15.1 Å². The van der Waals surface area contributed by atoms with E-state index in [2.05, 4.69) is 82.3 Å². The molecule has 14 atom stereocenters. The highest BCUT2D eigenvalue weighted by Gasteiger charge is 2.37. The molecule has 7 fully saturated rings. The number of amides is 8. The first kappa shape index (κ1) is 123. The van der Waals surface area contributed by atoms with Crippen molar-refractivity contribution in [3.8, 4) is 11.5 Å². The molecule has 7 heterocycles. The van der Waals surface area contributed by atoms with Gasteiger partial charge in [0.2, 0.25) is 0 Å². The second-order valence-corrected chi connectivity index (χ2v) is 39.0. The van der Waals surface area contributed by atoms with Gasteiger partial charge >= 0.3 is 41.9 Å². The normalized spacial score (nSPS) is 20.1. The minimum absolute atomic E-state index is 0.00282. The number of hydrogen-bond acceptors (Lipinski definition) is 26. The minimum Gasteiger partial charge on any atom is -0.453 e. The number of nitrogens with zero attached hydrogens (tertiary/aromatic N) is 4. The Morgan fingerprint density at radius 1 is 0.466 bits per heavy atom. The molecule has 0 aliphatic carbocycles. The second-order valence-electron chi connectivity index (χ2n) is 37.4. The number of alkyl carbamates (subject to hydrolysis) is 3. The Hall–Kier alpha value is -9.46. The smallest absolute Gasteiger partial charge is 0.412 e. The van der Waals surface area contributed by atoms with Gasteiger partial charge < -0.3 is 115 Å². The number of ether oxygens (including phenoxy) is 12. The number of rotatable bonds is 41. The van der Waals surface area contributed by atoms with Gasteiger partial charge in [-0.3, -0.25) is 20.2 Å². The Labute approximate surface area is 875 Å². The molecule has 12 rings (SSSR count). The zero-order valence-corrected chi connectivity index (χ0v) is 88.1. The summed E-state index contributed by atoms with van der Waals surface area (Å²) < 4.78 is 106. The lowest BCUT2D eigenvalue weighted by atomic mass is 9.88. The number of carbonyl (C=O) groups is 7. The van der Waals surface area contributed by atoms with Crippen molar-refractivity contribution in [3.63, 3.8) is 0 Å². The lowest BCUT2D eigenvalue weighted by Gasteiger charge is -2.38. The third kappa shape index (κ3) is 48.9. The fraction of sp³-hybridized carbons (Fsp3) is 0.641. The van der Waals surface area contributed by atoms with E-state index in [1.165, 1.54) is 126 Å². The van der Waals surface area contributed by atoms with Gasteiger partial charge in [0.1, 0.15) is 29.0 Å². The molecule has 0 radical (unpaired) electrons. The molecule has 7 saturated heterocycles. The van der Waals surface area contributed by atoms with Crippen molar-refractivity contribution in [3.05, 3.63) is 173 Å². The molecule has 43 heteroatoms. The Kier molecular flexibility index (Phi) is 59.6. The van der Waals surface area contributed by atoms with Gasteiger partial charge in [-0.05, 0) is 268 Å². The highest BCUT2D eigenvalue weighted by Crippen LogP contribution is 2.39. The van der Waals surface area contributed by atoms with Gasteiger partial charge in [0, 0.05) is 205 Å². The number of methoxy groups -OCH3 is 3. The Bertz CT molecular complexity index is 4450. The van der Waals surface area contributed by atoms with Crippen molar-refractivity contribution in [2.75, 3.05) is 167 Å². The first-order chi connectivity index (χ1) is 70.4. The van der Waals surface area contributed by atoms with Crippen LogP contribution in [0.3, 0.4) is 0 Å². The van der Waals surface area contributed by atoms with Gasteiger partial charge in [-0.25, -0.2) is 46.7 Å². The van der Waals surface area contributed by atoms with Gasteiger partial charge in [-0.15, -0.1) is 0 Å². The molecule has 0 unspecified atom stereocenters. The van der Waals surface area contributed by atoms with Crippen molar-refractivity contribution in [2.45, 2.75) is 217 Å². The number of likely N-dealkylation sites (N-methyl/N-ethyl adjacent to an activating group) is 1. The number of halogens is 7. The van der Waals surface area contributed by atoms with Crippen LogP contribution in [0.5, 0.6) is 11.5 Å². The number of benzene rings is 5. The van der Waals surface area contributed by atoms with E-state index < -0.39 is 63.5 Å². The Balaban J connectivity index is 0.000000248. The second kappa shape index (κ2) is 70.5. The van der Waals surface area contributed by atoms with Gasteiger partial charge in [-0.2, -0.15) is 0 Å². The summed E-state index contributed by atoms with van der Waals surface area (Å²) in [5.74, 6) is 1.44. The number of nitrogens with one attached hydrogen (secondary N) is 8. The predicted molar refractivity (Wildman–Crippen MR) is 551 cm³/mol. The fourth-order valence-corrected chi connectivity index (χ4v) is 19.7. The zero-order valence-electron chi connectivity index (χ0n) is 85.1.